The molecule has 0 heterocycles. The van der Waals surface area contributed by atoms with Gasteiger partial charge in [0.25, 0.3) is 0 Å². The molecule has 38 heavy (non-hydrogen) atoms. The Hall–Kier alpha value is -2.26. The van der Waals surface area contributed by atoms with E-state index in [-0.39, 0.29) is 0 Å². The highest BCUT2D eigenvalue weighted by Crippen LogP contribution is 2.51. The predicted octanol–water partition coefficient (Wildman–Crippen LogP) is 5.05. The molecule has 6 nitrogen and oxygen atoms in total. The number of carbonyl (C=O) groups is 2. The summed E-state index contributed by atoms with van der Waals surface area (Å²) >= 11 is 0. The van der Waals surface area contributed by atoms with Gasteiger partial charge in [-0.1, -0.05) is 0 Å². The van der Waals surface area contributed by atoms with Crippen LogP contribution in [0.2, 0.25) is 0 Å². The highest BCUT2D eigenvalue weighted by Gasteiger charge is 2.76. The number of hydrogen-bond acceptors (Lipinski definition) is 4. The van der Waals surface area contributed by atoms with Crippen LogP contribution in [0.5, 0.6) is 0 Å². The molecular formula is C16H14F16O6. The van der Waals surface area contributed by atoms with Gasteiger partial charge in [-0.15, -0.1) is 0 Å². The maximum Gasteiger partial charge on any atom is 0.377 e. The SMILES string of the molecule is O=C(O)C(OCCC(F)(F)C(F)(F)C(F)(F)C(F)F)C(OCCC(F)(F)C(F)(F)C(F)(F)C(F)F)C(=O)O. The zero-order valence-electron chi connectivity index (χ0n) is 17.7. The minimum atomic E-state index is -6.77. The summed E-state index contributed by atoms with van der Waals surface area (Å²) in [6.45, 7) is -4.25. The average Bonchev–Trinajstić information content (AvgIpc) is 2.73. The second kappa shape index (κ2) is 11.9. The Morgan fingerprint density at radius 3 is 0.974 bits per heavy atom. The predicted molar refractivity (Wildman–Crippen MR) is 85.7 cm³/mol. The lowest BCUT2D eigenvalue weighted by Gasteiger charge is -2.33. The maximum atomic E-state index is 13.5. The summed E-state index contributed by atoms with van der Waals surface area (Å²) in [5.41, 5.74) is 0. The van der Waals surface area contributed by atoms with E-state index < -0.39 is 98.6 Å². The van der Waals surface area contributed by atoms with Crippen LogP contribution in [-0.4, -0.2) is 96.0 Å². The van der Waals surface area contributed by atoms with Crippen molar-refractivity contribution in [2.24, 2.45) is 0 Å². The first-order valence-corrected chi connectivity index (χ1v) is 9.24. The summed E-state index contributed by atoms with van der Waals surface area (Å²) in [7, 11) is 0. The van der Waals surface area contributed by atoms with Crippen molar-refractivity contribution in [1.82, 2.24) is 0 Å². The molecule has 0 rings (SSSR count). The number of ether oxygens (including phenoxy) is 2. The van der Waals surface area contributed by atoms with Crippen molar-refractivity contribution in [3.8, 4) is 0 Å². The van der Waals surface area contributed by atoms with E-state index in [1.54, 1.807) is 0 Å². The van der Waals surface area contributed by atoms with E-state index in [1.807, 2.05) is 0 Å². The second-order valence-electron chi connectivity index (χ2n) is 7.16. The zero-order chi connectivity index (χ0) is 30.7. The first kappa shape index (κ1) is 35.7. The van der Waals surface area contributed by atoms with Gasteiger partial charge in [0.2, 0.25) is 0 Å². The standard InChI is InChI=1S/C16H14F16O6/c17-9(18)13(25,26)15(29,30)11(21,22)1-3-37-5(7(33)34)6(8(35)36)38-4-2-12(23,24)16(31,32)14(27,28)10(19)20/h5-6,9-10H,1-4H2,(H,33,34)(H,35,36). The molecule has 22 heteroatoms. The van der Waals surface area contributed by atoms with Crippen molar-refractivity contribution in [2.75, 3.05) is 13.2 Å². The molecule has 0 radical (unpaired) electrons. The number of carboxylic acid groups (broad SMARTS) is 2. The second-order valence-corrected chi connectivity index (χ2v) is 7.16. The molecule has 0 spiro atoms. The van der Waals surface area contributed by atoms with Crippen LogP contribution in [-0.2, 0) is 19.1 Å². The van der Waals surface area contributed by atoms with Crippen LogP contribution in [0.15, 0.2) is 0 Å². The van der Waals surface area contributed by atoms with Crippen LogP contribution >= 0.6 is 0 Å². The molecule has 0 amide bonds. The van der Waals surface area contributed by atoms with E-state index >= 15 is 0 Å². The molecule has 2 atom stereocenters. The number of hydrogen-bond donors (Lipinski definition) is 2. The van der Waals surface area contributed by atoms with Crippen LogP contribution in [0.1, 0.15) is 12.8 Å². The Kier molecular flexibility index (Phi) is 11.2. The molecule has 2 N–H and O–H groups in total. The molecular weight excluding hydrogens is 592 g/mol. The molecule has 0 bridgehead atoms. The zero-order valence-corrected chi connectivity index (χ0v) is 17.7. The van der Waals surface area contributed by atoms with Gasteiger partial charge in [0.1, 0.15) is 0 Å². The Morgan fingerprint density at radius 1 is 0.553 bits per heavy atom. The number of carboxylic acids is 2. The topological polar surface area (TPSA) is 93.1 Å². The Morgan fingerprint density at radius 2 is 0.789 bits per heavy atom. The van der Waals surface area contributed by atoms with Crippen molar-refractivity contribution in [1.29, 1.82) is 0 Å². The fraction of sp³-hybridized carbons (Fsp3) is 0.875. The van der Waals surface area contributed by atoms with Gasteiger partial charge in [0.05, 0.1) is 13.2 Å². The summed E-state index contributed by atoms with van der Waals surface area (Å²) in [5, 5.41) is 17.7. The lowest BCUT2D eigenvalue weighted by atomic mass is 10.0. The highest BCUT2D eigenvalue weighted by atomic mass is 19.4. The van der Waals surface area contributed by atoms with Gasteiger partial charge in [0.15, 0.2) is 12.2 Å². The third-order valence-corrected chi connectivity index (χ3v) is 4.49. The summed E-state index contributed by atoms with van der Waals surface area (Å²) in [5.74, 6) is -44.0. The van der Waals surface area contributed by atoms with Crippen LogP contribution in [0.4, 0.5) is 70.2 Å². The highest BCUT2D eigenvalue weighted by molar-refractivity contribution is 5.83. The molecule has 0 saturated heterocycles. The number of alkyl halides is 16. The van der Waals surface area contributed by atoms with Gasteiger partial charge in [-0.05, 0) is 0 Å². The third kappa shape index (κ3) is 7.03. The quantitative estimate of drug-likeness (QED) is 0.226. The van der Waals surface area contributed by atoms with Crippen molar-refractivity contribution in [3.63, 3.8) is 0 Å². The fourth-order valence-electron chi connectivity index (χ4n) is 2.28. The van der Waals surface area contributed by atoms with E-state index in [1.165, 1.54) is 0 Å². The van der Waals surface area contributed by atoms with Crippen LogP contribution in [0, 0.1) is 0 Å². The average molecular weight is 606 g/mol. The third-order valence-electron chi connectivity index (χ3n) is 4.49. The maximum absolute atomic E-state index is 13.5. The molecule has 0 aromatic rings. The summed E-state index contributed by atoms with van der Waals surface area (Å²) in [6, 6.07) is 0. The first-order valence-electron chi connectivity index (χ1n) is 9.24. The minimum Gasteiger partial charge on any atom is -0.479 e. The van der Waals surface area contributed by atoms with Crippen molar-refractivity contribution < 1.29 is 99.5 Å². The molecule has 0 aliphatic heterocycles. The van der Waals surface area contributed by atoms with E-state index in [0.717, 1.165) is 0 Å². The molecule has 0 aliphatic carbocycles. The smallest absolute Gasteiger partial charge is 0.377 e. The van der Waals surface area contributed by atoms with Crippen LogP contribution < -0.4 is 0 Å². The van der Waals surface area contributed by atoms with E-state index in [9.17, 15) is 79.8 Å². The molecule has 0 aromatic heterocycles. The van der Waals surface area contributed by atoms with Gasteiger partial charge in [-0.2, -0.15) is 52.7 Å². The monoisotopic (exact) mass is 606 g/mol. The molecule has 2 unspecified atom stereocenters. The summed E-state index contributed by atoms with van der Waals surface area (Å²) < 4.78 is 214. The van der Waals surface area contributed by atoms with E-state index in [2.05, 4.69) is 9.47 Å². The van der Waals surface area contributed by atoms with E-state index in [4.69, 9.17) is 10.2 Å². The molecule has 226 valence electrons. The number of aliphatic carboxylic acids is 2. The number of rotatable bonds is 17. The lowest BCUT2D eigenvalue weighted by Crippen LogP contribution is -2.58. The van der Waals surface area contributed by atoms with Crippen LogP contribution in [0.25, 0.3) is 0 Å². The molecule has 0 fully saturated rings. The Bertz CT molecular complexity index is 752. The summed E-state index contributed by atoms with van der Waals surface area (Å²) in [4.78, 5) is 22.2. The van der Waals surface area contributed by atoms with Gasteiger partial charge < -0.3 is 19.7 Å². The fourth-order valence-corrected chi connectivity index (χ4v) is 2.28. The lowest BCUT2D eigenvalue weighted by molar-refractivity contribution is -0.341. The molecule has 0 aromatic carbocycles. The Balaban J connectivity index is 5.56. The molecule has 0 saturated carbocycles. The van der Waals surface area contributed by atoms with Crippen LogP contribution in [0.3, 0.4) is 0 Å². The summed E-state index contributed by atoms with van der Waals surface area (Å²) in [6.07, 6.45) is -22.4. The van der Waals surface area contributed by atoms with Gasteiger partial charge in [-0.25, -0.2) is 27.2 Å². The first-order chi connectivity index (χ1) is 16.7. The van der Waals surface area contributed by atoms with Gasteiger partial charge in [-0.3, -0.25) is 0 Å². The molecule has 0 aliphatic rings. The van der Waals surface area contributed by atoms with Crippen molar-refractivity contribution in [2.45, 2.75) is 73.4 Å². The largest absolute Gasteiger partial charge is 0.479 e. The van der Waals surface area contributed by atoms with Gasteiger partial charge in [0, 0.05) is 12.8 Å². The number of halogens is 16. The van der Waals surface area contributed by atoms with E-state index in [0.29, 0.717) is 0 Å². The normalized spacial score (nSPS) is 16.2. The van der Waals surface area contributed by atoms with Crippen molar-refractivity contribution in [3.05, 3.63) is 0 Å². The van der Waals surface area contributed by atoms with Gasteiger partial charge >= 0.3 is 60.3 Å². The Labute approximate surface area is 199 Å². The van der Waals surface area contributed by atoms with Crippen molar-refractivity contribution >= 4 is 11.9 Å². The minimum absolute atomic E-state index is 2.12.